The largest absolute Gasteiger partial charge is 0.287 e. The maximum Gasteiger partial charge on any atom is 0.0746 e. The molecule has 1 heterocycles. The first-order chi connectivity index (χ1) is 8.16. The second-order valence-electron chi connectivity index (χ2n) is 4.53. The molecule has 0 bridgehead atoms. The van der Waals surface area contributed by atoms with Crippen LogP contribution >= 0.6 is 0 Å². The van der Waals surface area contributed by atoms with Crippen LogP contribution in [-0.4, -0.2) is 12.3 Å². The Bertz CT molecular complexity index is 426. The molecule has 0 amide bonds. The Kier molecular flexibility index (Phi) is 4.98. The molecule has 17 heavy (non-hydrogen) atoms. The van der Waals surface area contributed by atoms with Gasteiger partial charge in [0.15, 0.2) is 0 Å². The molecule has 0 aliphatic carbocycles. The molecule has 0 saturated heterocycles. The Labute approximate surface area is 104 Å². The van der Waals surface area contributed by atoms with E-state index in [4.69, 9.17) is 5.26 Å². The van der Waals surface area contributed by atoms with Crippen molar-refractivity contribution in [2.45, 2.75) is 46.5 Å². The highest BCUT2D eigenvalue weighted by Crippen LogP contribution is 2.25. The van der Waals surface area contributed by atoms with Gasteiger partial charge < -0.3 is 0 Å². The number of hydrogen-bond donors (Lipinski definition) is 0. The van der Waals surface area contributed by atoms with E-state index in [1.807, 2.05) is 6.92 Å². The van der Waals surface area contributed by atoms with Crippen molar-refractivity contribution in [3.05, 3.63) is 11.6 Å². The summed E-state index contributed by atoms with van der Waals surface area (Å²) < 4.78 is 0. The molecule has 2 nitrogen and oxygen atoms in total. The van der Waals surface area contributed by atoms with Crippen LogP contribution in [0.1, 0.15) is 46.5 Å². The Balaban J connectivity index is 3.11. The lowest BCUT2D eigenvalue weighted by atomic mass is 9.81. The molecule has 0 aromatic heterocycles. The smallest absolute Gasteiger partial charge is 0.0746 e. The van der Waals surface area contributed by atoms with Crippen LogP contribution < -0.4 is 0 Å². The molecule has 1 unspecified atom stereocenters. The van der Waals surface area contributed by atoms with Gasteiger partial charge in [0, 0.05) is 12.1 Å². The summed E-state index contributed by atoms with van der Waals surface area (Å²) >= 11 is 0. The first kappa shape index (κ1) is 13.5. The average Bonchev–Trinajstić information content (AvgIpc) is 2.42. The zero-order valence-electron chi connectivity index (χ0n) is 11.0. The molecule has 0 saturated carbocycles. The van der Waals surface area contributed by atoms with E-state index in [0.717, 1.165) is 25.0 Å². The molecule has 1 aliphatic heterocycles. The van der Waals surface area contributed by atoms with Gasteiger partial charge in [0.25, 0.3) is 0 Å². The van der Waals surface area contributed by atoms with Crippen LogP contribution in [-0.2, 0) is 0 Å². The SMILES string of the molecule is C/C=C1\CCC#CC(C)(CC)C(CC#N)=NC1. The second kappa shape index (κ2) is 6.26. The summed E-state index contributed by atoms with van der Waals surface area (Å²) in [6.45, 7) is 6.96. The highest BCUT2D eigenvalue weighted by molar-refractivity contribution is 5.94. The third kappa shape index (κ3) is 3.46. The van der Waals surface area contributed by atoms with E-state index in [0.29, 0.717) is 13.0 Å². The summed E-state index contributed by atoms with van der Waals surface area (Å²) in [7, 11) is 0. The normalized spacial score (nSPS) is 26.9. The van der Waals surface area contributed by atoms with Crippen LogP contribution in [0.25, 0.3) is 0 Å². The molecule has 0 N–H and O–H groups in total. The lowest BCUT2D eigenvalue weighted by Crippen LogP contribution is -2.25. The van der Waals surface area contributed by atoms with E-state index in [-0.39, 0.29) is 5.41 Å². The molecule has 0 fully saturated rings. The van der Waals surface area contributed by atoms with Gasteiger partial charge in [0.2, 0.25) is 0 Å². The number of hydrogen-bond acceptors (Lipinski definition) is 2. The van der Waals surface area contributed by atoms with E-state index in [1.165, 1.54) is 5.57 Å². The van der Waals surface area contributed by atoms with Gasteiger partial charge in [-0.3, -0.25) is 4.99 Å². The van der Waals surface area contributed by atoms with E-state index >= 15 is 0 Å². The zero-order chi connectivity index (χ0) is 12.7. The number of nitriles is 1. The van der Waals surface area contributed by atoms with Gasteiger partial charge in [0.1, 0.15) is 0 Å². The average molecular weight is 228 g/mol. The fraction of sp³-hybridized carbons (Fsp3) is 0.600. The van der Waals surface area contributed by atoms with E-state index < -0.39 is 0 Å². The number of aliphatic imine (C=N–C) groups is 1. The van der Waals surface area contributed by atoms with Gasteiger partial charge in [-0.05, 0) is 26.7 Å². The molecular formula is C15H20N2. The van der Waals surface area contributed by atoms with Gasteiger partial charge in [-0.25, -0.2) is 0 Å². The van der Waals surface area contributed by atoms with E-state index in [2.05, 4.69) is 42.8 Å². The minimum Gasteiger partial charge on any atom is -0.287 e. The standard InChI is InChI=1S/C15H20N2/c1-4-13-8-6-7-10-15(3,5-2)14(9-11-16)17-12-13/h4H,5-6,8-9,12H2,1-3H3/b13-4+,17-14?. The van der Waals surface area contributed by atoms with Gasteiger partial charge in [0.05, 0.1) is 24.4 Å². The van der Waals surface area contributed by atoms with E-state index in [9.17, 15) is 0 Å². The topological polar surface area (TPSA) is 36.1 Å². The second-order valence-corrected chi connectivity index (χ2v) is 4.53. The van der Waals surface area contributed by atoms with Crippen molar-refractivity contribution in [1.82, 2.24) is 0 Å². The van der Waals surface area contributed by atoms with Crippen molar-refractivity contribution in [3.8, 4) is 17.9 Å². The predicted octanol–water partition coefficient (Wildman–Crippen LogP) is 3.50. The van der Waals surface area contributed by atoms with Crippen molar-refractivity contribution in [2.24, 2.45) is 10.4 Å². The fourth-order valence-corrected chi connectivity index (χ4v) is 1.86. The molecular weight excluding hydrogens is 208 g/mol. The highest BCUT2D eigenvalue weighted by Gasteiger charge is 2.26. The summed E-state index contributed by atoms with van der Waals surface area (Å²) in [4.78, 5) is 4.63. The maximum atomic E-state index is 8.91. The lowest BCUT2D eigenvalue weighted by Gasteiger charge is -2.22. The number of allylic oxidation sites excluding steroid dienone is 1. The Morgan fingerprint density at radius 1 is 1.59 bits per heavy atom. The zero-order valence-corrected chi connectivity index (χ0v) is 11.0. The molecule has 1 atom stereocenters. The van der Waals surface area contributed by atoms with Crippen molar-refractivity contribution in [2.75, 3.05) is 6.54 Å². The van der Waals surface area contributed by atoms with Gasteiger partial charge in [-0.2, -0.15) is 5.26 Å². The molecule has 90 valence electrons. The van der Waals surface area contributed by atoms with Crippen molar-refractivity contribution in [1.29, 1.82) is 5.26 Å². The summed E-state index contributed by atoms with van der Waals surface area (Å²) in [5.41, 5.74) is 2.03. The molecule has 0 aromatic rings. The van der Waals surface area contributed by atoms with Crippen LogP contribution in [0.2, 0.25) is 0 Å². The number of rotatable bonds is 2. The van der Waals surface area contributed by atoms with Gasteiger partial charge in [-0.1, -0.05) is 24.5 Å². The van der Waals surface area contributed by atoms with Crippen LogP contribution in [0.15, 0.2) is 16.6 Å². The summed E-state index contributed by atoms with van der Waals surface area (Å²) in [5.74, 6) is 6.55. The van der Waals surface area contributed by atoms with Gasteiger partial charge in [-0.15, -0.1) is 5.92 Å². The van der Waals surface area contributed by atoms with Crippen molar-refractivity contribution >= 4 is 5.71 Å². The molecule has 1 aliphatic rings. The predicted molar refractivity (Wildman–Crippen MR) is 71.7 cm³/mol. The fourth-order valence-electron chi connectivity index (χ4n) is 1.86. The molecule has 1 rings (SSSR count). The number of nitrogens with zero attached hydrogens (tertiary/aromatic N) is 2. The first-order valence-corrected chi connectivity index (χ1v) is 6.21. The Hall–Kier alpha value is -1.54. The lowest BCUT2D eigenvalue weighted by molar-refractivity contribution is 0.587. The Morgan fingerprint density at radius 3 is 2.94 bits per heavy atom. The van der Waals surface area contributed by atoms with E-state index in [1.54, 1.807) is 0 Å². The molecule has 2 heteroatoms. The first-order valence-electron chi connectivity index (χ1n) is 6.21. The molecule has 0 spiro atoms. The monoisotopic (exact) mass is 228 g/mol. The summed E-state index contributed by atoms with van der Waals surface area (Å²) in [6, 6.07) is 2.21. The minimum absolute atomic E-state index is 0.223. The highest BCUT2D eigenvalue weighted by atomic mass is 14.8. The third-order valence-corrected chi connectivity index (χ3v) is 3.41. The molecule has 0 radical (unpaired) electrons. The minimum atomic E-state index is -0.223. The van der Waals surface area contributed by atoms with Crippen LogP contribution in [0, 0.1) is 28.6 Å². The summed E-state index contributed by atoms with van der Waals surface area (Å²) in [5, 5.41) is 8.91. The van der Waals surface area contributed by atoms with Gasteiger partial charge >= 0.3 is 0 Å². The third-order valence-electron chi connectivity index (χ3n) is 3.41. The molecule has 0 aromatic carbocycles. The van der Waals surface area contributed by atoms with Crippen LogP contribution in [0.5, 0.6) is 0 Å². The van der Waals surface area contributed by atoms with Crippen LogP contribution in [0.3, 0.4) is 0 Å². The quantitative estimate of drug-likeness (QED) is 0.526. The van der Waals surface area contributed by atoms with Crippen molar-refractivity contribution < 1.29 is 0 Å². The van der Waals surface area contributed by atoms with Crippen molar-refractivity contribution in [3.63, 3.8) is 0 Å². The Morgan fingerprint density at radius 2 is 2.35 bits per heavy atom. The van der Waals surface area contributed by atoms with Crippen LogP contribution in [0.4, 0.5) is 0 Å². The summed E-state index contributed by atoms with van der Waals surface area (Å²) in [6.07, 6.45) is 5.29. The maximum absolute atomic E-state index is 8.91.